The van der Waals surface area contributed by atoms with Crippen LogP contribution in [-0.2, 0) is 0 Å². The molecule has 0 fully saturated rings. The lowest BCUT2D eigenvalue weighted by Crippen LogP contribution is -1.96. The Morgan fingerprint density at radius 3 is 2.00 bits per heavy atom. The van der Waals surface area contributed by atoms with Crippen LogP contribution in [0.4, 0.5) is 17.1 Å². The molecule has 2 N–H and O–H groups in total. The highest BCUT2D eigenvalue weighted by atomic mass is 35.5. The minimum absolute atomic E-state index is 0.716. The van der Waals surface area contributed by atoms with Crippen LogP contribution in [0.5, 0.6) is 0 Å². The van der Waals surface area contributed by atoms with E-state index in [0.717, 1.165) is 17.1 Å². The van der Waals surface area contributed by atoms with Crippen LogP contribution in [0, 0.1) is 0 Å². The first-order valence-electron chi connectivity index (χ1n) is 5.09. The van der Waals surface area contributed by atoms with Crippen LogP contribution in [-0.4, -0.2) is 7.05 Å². The van der Waals surface area contributed by atoms with Crippen molar-refractivity contribution < 1.29 is 0 Å². The molecule has 3 heteroatoms. The third kappa shape index (κ3) is 2.28. The SMILES string of the molecule is CNc1ccccc1Nc1ccccc1Cl. The molecule has 0 saturated carbocycles. The van der Waals surface area contributed by atoms with Gasteiger partial charge in [-0.2, -0.15) is 0 Å². The molecule has 0 heterocycles. The molecule has 0 saturated heterocycles. The van der Waals surface area contributed by atoms with E-state index in [1.165, 1.54) is 0 Å². The Morgan fingerprint density at radius 1 is 0.812 bits per heavy atom. The Labute approximate surface area is 100 Å². The normalized spacial score (nSPS) is 9.88. The quantitative estimate of drug-likeness (QED) is 0.832. The second-order valence-electron chi connectivity index (χ2n) is 3.40. The van der Waals surface area contributed by atoms with Gasteiger partial charge in [0.25, 0.3) is 0 Å². The zero-order valence-electron chi connectivity index (χ0n) is 9.00. The summed E-state index contributed by atoms with van der Waals surface area (Å²) in [4.78, 5) is 0. The van der Waals surface area contributed by atoms with E-state index in [9.17, 15) is 0 Å². The Bertz CT molecular complexity index is 483. The van der Waals surface area contributed by atoms with Crippen molar-refractivity contribution in [3.05, 3.63) is 53.6 Å². The molecule has 0 aliphatic rings. The summed E-state index contributed by atoms with van der Waals surface area (Å²) >= 11 is 6.09. The third-order valence-corrected chi connectivity index (χ3v) is 2.67. The van der Waals surface area contributed by atoms with E-state index in [4.69, 9.17) is 11.6 Å². The predicted octanol–water partition coefficient (Wildman–Crippen LogP) is 4.13. The Balaban J connectivity index is 2.30. The van der Waals surface area contributed by atoms with Crippen molar-refractivity contribution in [3.63, 3.8) is 0 Å². The average molecular weight is 233 g/mol. The van der Waals surface area contributed by atoms with Gasteiger partial charge in [0.15, 0.2) is 0 Å². The van der Waals surface area contributed by atoms with E-state index in [-0.39, 0.29) is 0 Å². The number of halogens is 1. The molecule has 0 bridgehead atoms. The highest BCUT2D eigenvalue weighted by Crippen LogP contribution is 2.28. The largest absolute Gasteiger partial charge is 0.386 e. The third-order valence-electron chi connectivity index (χ3n) is 2.34. The van der Waals surface area contributed by atoms with Gasteiger partial charge in [-0.05, 0) is 24.3 Å². The Kier molecular flexibility index (Phi) is 3.32. The van der Waals surface area contributed by atoms with Crippen LogP contribution >= 0.6 is 11.6 Å². The van der Waals surface area contributed by atoms with E-state index in [1.54, 1.807) is 0 Å². The number of hydrogen-bond acceptors (Lipinski definition) is 2. The summed E-state index contributed by atoms with van der Waals surface area (Å²) in [5.41, 5.74) is 2.97. The first-order chi connectivity index (χ1) is 7.81. The van der Waals surface area contributed by atoms with Crippen LogP contribution in [0.3, 0.4) is 0 Å². The van der Waals surface area contributed by atoms with E-state index < -0.39 is 0 Å². The molecular weight excluding hydrogens is 220 g/mol. The molecule has 2 aromatic carbocycles. The maximum absolute atomic E-state index is 6.09. The average Bonchev–Trinajstić information content (AvgIpc) is 2.33. The molecule has 0 aromatic heterocycles. The molecule has 0 radical (unpaired) electrons. The number of benzene rings is 2. The van der Waals surface area contributed by atoms with E-state index >= 15 is 0 Å². The molecular formula is C13H13ClN2. The summed E-state index contributed by atoms with van der Waals surface area (Å²) in [7, 11) is 1.90. The lowest BCUT2D eigenvalue weighted by atomic mass is 10.2. The van der Waals surface area contributed by atoms with Crippen molar-refractivity contribution in [2.45, 2.75) is 0 Å². The van der Waals surface area contributed by atoms with Gasteiger partial charge in [0.05, 0.1) is 22.1 Å². The van der Waals surface area contributed by atoms with Crippen molar-refractivity contribution in [3.8, 4) is 0 Å². The topological polar surface area (TPSA) is 24.1 Å². The van der Waals surface area contributed by atoms with Gasteiger partial charge in [-0.25, -0.2) is 0 Å². The fraction of sp³-hybridized carbons (Fsp3) is 0.0769. The van der Waals surface area contributed by atoms with Crippen LogP contribution in [0.2, 0.25) is 5.02 Å². The maximum atomic E-state index is 6.09. The van der Waals surface area contributed by atoms with Gasteiger partial charge in [-0.1, -0.05) is 35.9 Å². The number of rotatable bonds is 3. The Hall–Kier alpha value is -1.67. The molecule has 16 heavy (non-hydrogen) atoms. The molecule has 0 spiro atoms. The molecule has 2 aromatic rings. The summed E-state index contributed by atoms with van der Waals surface area (Å²) in [5, 5.41) is 7.14. The van der Waals surface area contributed by atoms with Gasteiger partial charge >= 0.3 is 0 Å². The predicted molar refractivity (Wildman–Crippen MR) is 70.7 cm³/mol. The van der Waals surface area contributed by atoms with Crippen molar-refractivity contribution in [1.82, 2.24) is 0 Å². The van der Waals surface area contributed by atoms with Gasteiger partial charge in [-0.3, -0.25) is 0 Å². The monoisotopic (exact) mass is 232 g/mol. The van der Waals surface area contributed by atoms with Gasteiger partial charge < -0.3 is 10.6 Å². The zero-order valence-corrected chi connectivity index (χ0v) is 9.75. The molecule has 0 unspecified atom stereocenters. The number of hydrogen-bond donors (Lipinski definition) is 2. The molecule has 0 aliphatic carbocycles. The van der Waals surface area contributed by atoms with Gasteiger partial charge in [-0.15, -0.1) is 0 Å². The molecule has 0 amide bonds. The summed E-state index contributed by atoms with van der Waals surface area (Å²) in [6.45, 7) is 0. The zero-order chi connectivity index (χ0) is 11.4. The maximum Gasteiger partial charge on any atom is 0.0640 e. The summed E-state index contributed by atoms with van der Waals surface area (Å²) < 4.78 is 0. The molecule has 0 atom stereocenters. The lowest BCUT2D eigenvalue weighted by Gasteiger charge is -2.12. The molecule has 82 valence electrons. The van der Waals surface area contributed by atoms with Crippen LogP contribution in [0.15, 0.2) is 48.5 Å². The fourth-order valence-corrected chi connectivity index (χ4v) is 1.70. The standard InChI is InChI=1S/C13H13ClN2/c1-15-12-8-4-5-9-13(12)16-11-7-3-2-6-10(11)14/h2-9,15-16H,1H3. The first-order valence-corrected chi connectivity index (χ1v) is 5.47. The van der Waals surface area contributed by atoms with Crippen LogP contribution < -0.4 is 10.6 Å². The van der Waals surface area contributed by atoms with E-state index in [1.807, 2.05) is 55.6 Å². The molecule has 2 nitrogen and oxygen atoms in total. The van der Waals surface area contributed by atoms with Crippen molar-refractivity contribution in [2.24, 2.45) is 0 Å². The minimum atomic E-state index is 0.716. The lowest BCUT2D eigenvalue weighted by molar-refractivity contribution is 1.47. The van der Waals surface area contributed by atoms with Gasteiger partial charge in [0, 0.05) is 7.05 Å². The number of para-hydroxylation sites is 3. The second-order valence-corrected chi connectivity index (χ2v) is 3.81. The van der Waals surface area contributed by atoms with Crippen LogP contribution in [0.25, 0.3) is 0 Å². The summed E-state index contributed by atoms with van der Waals surface area (Å²) in [6, 6.07) is 15.7. The van der Waals surface area contributed by atoms with Crippen molar-refractivity contribution >= 4 is 28.7 Å². The van der Waals surface area contributed by atoms with E-state index in [0.29, 0.717) is 5.02 Å². The first kappa shape index (κ1) is 10.8. The highest BCUT2D eigenvalue weighted by Gasteiger charge is 2.02. The van der Waals surface area contributed by atoms with Gasteiger partial charge in [0.1, 0.15) is 0 Å². The molecule has 2 rings (SSSR count). The smallest absolute Gasteiger partial charge is 0.0640 e. The highest BCUT2D eigenvalue weighted by molar-refractivity contribution is 6.33. The van der Waals surface area contributed by atoms with E-state index in [2.05, 4.69) is 10.6 Å². The number of nitrogens with one attached hydrogen (secondary N) is 2. The van der Waals surface area contributed by atoms with Crippen molar-refractivity contribution in [1.29, 1.82) is 0 Å². The Morgan fingerprint density at radius 2 is 1.38 bits per heavy atom. The summed E-state index contributed by atoms with van der Waals surface area (Å²) in [5.74, 6) is 0. The minimum Gasteiger partial charge on any atom is -0.386 e. The van der Waals surface area contributed by atoms with Crippen molar-refractivity contribution in [2.75, 3.05) is 17.7 Å². The van der Waals surface area contributed by atoms with Gasteiger partial charge in [0.2, 0.25) is 0 Å². The summed E-state index contributed by atoms with van der Waals surface area (Å²) in [6.07, 6.45) is 0. The fourth-order valence-electron chi connectivity index (χ4n) is 1.52. The number of anilines is 3. The second kappa shape index (κ2) is 4.90. The van der Waals surface area contributed by atoms with Crippen LogP contribution in [0.1, 0.15) is 0 Å². The molecule has 0 aliphatic heterocycles.